The monoisotopic (exact) mass is 386 g/mol. The Balaban J connectivity index is 1.16. The minimum absolute atomic E-state index is 1.05. The smallest absolute Gasteiger partial charge is 0.133 e. The number of fused-ring (bicyclic) bond motifs is 2. The minimum Gasteiger partial charge on any atom is -0.315 e. The van der Waals surface area contributed by atoms with Crippen LogP contribution >= 0.6 is 0 Å². The second-order valence-corrected chi connectivity index (χ2v) is 8.44. The molecule has 0 N–H and O–H groups in total. The number of aryl methyl sites for hydroxylation is 2. The van der Waals surface area contributed by atoms with Gasteiger partial charge in [-0.15, -0.1) is 10.2 Å². The maximum Gasteiger partial charge on any atom is 0.133 e. The Morgan fingerprint density at radius 2 is 1.79 bits per heavy atom. The van der Waals surface area contributed by atoms with Crippen LogP contribution in [-0.2, 0) is 19.4 Å². The molecule has 3 aromatic rings. The number of rotatable bonds is 5. The van der Waals surface area contributed by atoms with Crippen LogP contribution in [0, 0.1) is 0 Å². The Kier molecular flexibility index (Phi) is 5.44. The summed E-state index contributed by atoms with van der Waals surface area (Å²) in [5, 5.41) is 11.6. The summed E-state index contributed by atoms with van der Waals surface area (Å²) in [7, 11) is 0. The van der Waals surface area contributed by atoms with Crippen molar-refractivity contribution in [2.24, 2.45) is 0 Å². The van der Waals surface area contributed by atoms with Crippen LogP contribution in [0.5, 0.6) is 0 Å². The number of benzene rings is 2. The van der Waals surface area contributed by atoms with Gasteiger partial charge in [0.1, 0.15) is 11.6 Å². The van der Waals surface area contributed by atoms with Crippen molar-refractivity contribution in [3.63, 3.8) is 0 Å². The van der Waals surface area contributed by atoms with Crippen molar-refractivity contribution in [2.75, 3.05) is 19.6 Å². The van der Waals surface area contributed by atoms with Gasteiger partial charge >= 0.3 is 0 Å². The Morgan fingerprint density at radius 3 is 2.69 bits per heavy atom. The fourth-order valence-corrected chi connectivity index (χ4v) is 4.76. The molecule has 0 saturated heterocycles. The van der Waals surface area contributed by atoms with E-state index in [0.717, 1.165) is 51.9 Å². The molecule has 1 aromatic heterocycles. The predicted molar refractivity (Wildman–Crippen MR) is 119 cm³/mol. The van der Waals surface area contributed by atoms with Gasteiger partial charge in [-0.25, -0.2) is 0 Å². The third-order valence-electron chi connectivity index (χ3n) is 6.47. The Hall–Kier alpha value is -2.46. The molecule has 29 heavy (non-hydrogen) atoms. The van der Waals surface area contributed by atoms with Gasteiger partial charge in [-0.05, 0) is 60.2 Å². The molecule has 0 amide bonds. The highest BCUT2D eigenvalue weighted by Gasteiger charge is 2.16. The van der Waals surface area contributed by atoms with E-state index in [-0.39, 0.29) is 0 Å². The molecule has 150 valence electrons. The molecule has 4 nitrogen and oxygen atoms in total. The van der Waals surface area contributed by atoms with Crippen LogP contribution in [0.25, 0.3) is 16.3 Å². The van der Waals surface area contributed by atoms with Gasteiger partial charge in [-0.3, -0.25) is 4.90 Å². The summed E-state index contributed by atoms with van der Waals surface area (Å²) in [6.07, 6.45) is 10.7. The van der Waals surface area contributed by atoms with Crippen molar-refractivity contribution in [3.8, 4) is 0 Å². The van der Waals surface area contributed by atoms with E-state index >= 15 is 0 Å². The molecule has 2 aliphatic heterocycles. The van der Waals surface area contributed by atoms with Gasteiger partial charge in [0, 0.05) is 32.5 Å². The maximum absolute atomic E-state index is 4.48. The summed E-state index contributed by atoms with van der Waals surface area (Å²) in [5.74, 6) is 2.41. The van der Waals surface area contributed by atoms with E-state index in [1.807, 2.05) is 0 Å². The zero-order valence-corrected chi connectivity index (χ0v) is 17.2. The number of hydrogen-bond acceptors (Lipinski definition) is 3. The molecule has 2 aromatic carbocycles. The number of hydrogen-bond donors (Lipinski definition) is 0. The van der Waals surface area contributed by atoms with Crippen LogP contribution in [0.1, 0.15) is 49.3 Å². The largest absolute Gasteiger partial charge is 0.315 e. The highest BCUT2D eigenvalue weighted by molar-refractivity contribution is 5.86. The van der Waals surface area contributed by atoms with E-state index in [9.17, 15) is 0 Å². The van der Waals surface area contributed by atoms with Crippen LogP contribution < -0.4 is 0 Å². The summed E-state index contributed by atoms with van der Waals surface area (Å²) >= 11 is 0. The maximum atomic E-state index is 4.48. The first-order valence-electron chi connectivity index (χ1n) is 11.2. The van der Waals surface area contributed by atoms with Crippen LogP contribution in [0.4, 0.5) is 0 Å². The van der Waals surface area contributed by atoms with E-state index < -0.39 is 0 Å². The number of aromatic nitrogens is 3. The lowest BCUT2D eigenvalue weighted by atomic mass is 9.97. The highest BCUT2D eigenvalue weighted by Crippen LogP contribution is 2.26. The van der Waals surface area contributed by atoms with Crippen LogP contribution in [-0.4, -0.2) is 39.3 Å². The lowest BCUT2D eigenvalue weighted by Gasteiger charge is -2.26. The Bertz CT molecular complexity index is 1020. The van der Waals surface area contributed by atoms with Crippen LogP contribution in [0.3, 0.4) is 0 Å². The van der Waals surface area contributed by atoms with Crippen LogP contribution in [0.2, 0.25) is 0 Å². The van der Waals surface area contributed by atoms with Gasteiger partial charge in [0.25, 0.3) is 0 Å². The zero-order chi connectivity index (χ0) is 19.5. The summed E-state index contributed by atoms with van der Waals surface area (Å²) in [5.41, 5.74) is 2.88. The van der Waals surface area contributed by atoms with Crippen molar-refractivity contribution in [2.45, 2.75) is 51.5 Å². The molecule has 2 aliphatic rings. The van der Waals surface area contributed by atoms with E-state index in [0.29, 0.717) is 0 Å². The van der Waals surface area contributed by atoms with Gasteiger partial charge in [0.15, 0.2) is 0 Å². The van der Waals surface area contributed by atoms with Gasteiger partial charge in [-0.2, -0.15) is 0 Å². The molecule has 0 saturated carbocycles. The van der Waals surface area contributed by atoms with Gasteiger partial charge in [0.2, 0.25) is 0 Å². The Labute approximate surface area is 173 Å². The van der Waals surface area contributed by atoms with Crippen molar-refractivity contribution < 1.29 is 0 Å². The highest BCUT2D eigenvalue weighted by atomic mass is 15.3. The quantitative estimate of drug-likeness (QED) is 0.627. The number of nitrogens with zero attached hydrogens (tertiary/aromatic N) is 4. The topological polar surface area (TPSA) is 34.0 Å². The van der Waals surface area contributed by atoms with Crippen molar-refractivity contribution >= 4 is 16.3 Å². The molecule has 0 atom stereocenters. The molecule has 0 unspecified atom stereocenters. The standard InChI is InChI=1S/C25H30N4/c1-2-9-24-26-27-25(29(24)16-5-1)10-6-15-28-17-13-21(14-18-28)23-12-11-20-7-3-4-8-22(20)19-23/h3-4,7-8,11-13,19H,1-2,5-6,9-10,14-18H2. The lowest BCUT2D eigenvalue weighted by molar-refractivity contribution is 0.296. The van der Waals surface area contributed by atoms with Gasteiger partial charge < -0.3 is 4.57 Å². The normalized spacial score (nSPS) is 17.7. The molecule has 4 heteroatoms. The van der Waals surface area contributed by atoms with E-state index in [2.05, 4.69) is 68.2 Å². The third kappa shape index (κ3) is 4.13. The van der Waals surface area contributed by atoms with E-state index in [4.69, 9.17) is 0 Å². The zero-order valence-electron chi connectivity index (χ0n) is 17.2. The molecular weight excluding hydrogens is 356 g/mol. The Morgan fingerprint density at radius 1 is 0.862 bits per heavy atom. The second-order valence-electron chi connectivity index (χ2n) is 8.44. The van der Waals surface area contributed by atoms with Crippen molar-refractivity contribution in [3.05, 3.63) is 65.8 Å². The first-order valence-corrected chi connectivity index (χ1v) is 11.2. The minimum atomic E-state index is 1.05. The average molecular weight is 387 g/mol. The third-order valence-corrected chi connectivity index (χ3v) is 6.47. The molecule has 0 spiro atoms. The molecule has 3 heterocycles. The predicted octanol–water partition coefficient (Wildman–Crippen LogP) is 4.88. The van der Waals surface area contributed by atoms with E-state index in [1.54, 1.807) is 0 Å². The van der Waals surface area contributed by atoms with Gasteiger partial charge in [0.05, 0.1) is 0 Å². The second kappa shape index (κ2) is 8.50. The fraction of sp³-hybridized carbons (Fsp3) is 0.440. The summed E-state index contributed by atoms with van der Waals surface area (Å²) < 4.78 is 2.39. The van der Waals surface area contributed by atoms with E-state index in [1.165, 1.54) is 52.8 Å². The lowest BCUT2D eigenvalue weighted by Crippen LogP contribution is -2.29. The van der Waals surface area contributed by atoms with Crippen molar-refractivity contribution in [1.82, 2.24) is 19.7 Å². The van der Waals surface area contributed by atoms with Crippen molar-refractivity contribution in [1.29, 1.82) is 0 Å². The molecule has 0 fully saturated rings. The summed E-state index contributed by atoms with van der Waals surface area (Å²) in [6.45, 7) is 4.46. The molecule has 0 bridgehead atoms. The average Bonchev–Trinajstić information content (AvgIpc) is 3.00. The molecule has 5 rings (SSSR count). The first-order chi connectivity index (χ1) is 14.4. The molecule has 0 radical (unpaired) electrons. The summed E-state index contributed by atoms with van der Waals surface area (Å²) in [6, 6.07) is 15.5. The summed E-state index contributed by atoms with van der Waals surface area (Å²) in [4.78, 5) is 2.57. The SMILES string of the molecule is C1=C(c2ccc3ccccc3c2)CCN(CCCc2nnc3n2CCCCC3)C1. The van der Waals surface area contributed by atoms with Gasteiger partial charge in [-0.1, -0.05) is 48.9 Å². The molecular formula is C25H30N4. The van der Waals surface area contributed by atoms with Crippen LogP contribution in [0.15, 0.2) is 48.5 Å². The fourth-order valence-electron chi connectivity index (χ4n) is 4.76. The first kappa shape index (κ1) is 18.6. The molecule has 0 aliphatic carbocycles.